The van der Waals surface area contributed by atoms with Gasteiger partial charge in [-0.2, -0.15) is 4.98 Å². The van der Waals surface area contributed by atoms with Crippen molar-refractivity contribution in [2.24, 2.45) is 0 Å². The number of hydrogen-bond donors (Lipinski definition) is 5. The van der Waals surface area contributed by atoms with Gasteiger partial charge in [-0.15, -0.1) is 0 Å². The molecule has 0 spiro atoms. The summed E-state index contributed by atoms with van der Waals surface area (Å²) in [6.07, 6.45) is -5.11. The molecule has 1 aliphatic heterocycles. The van der Waals surface area contributed by atoms with Crippen molar-refractivity contribution in [3.8, 4) is 0 Å². The standard InChI is InChI=1S/C14H15N5O7/c20-9-10(21)12(19(14(23)24)8-3-1-2-5-15-8)26-11(9)18-6-4-7(17-25)16-13(18)22/h1-6,9-12,20-21,25H,(H,23,24)(H,16,17,22)/t9-,10+,11-,12-/m1/s1. The van der Waals surface area contributed by atoms with Crippen LogP contribution < -0.4 is 16.1 Å². The Morgan fingerprint density at radius 1 is 1.27 bits per heavy atom. The van der Waals surface area contributed by atoms with E-state index in [-0.39, 0.29) is 11.6 Å². The minimum Gasteiger partial charge on any atom is -0.465 e. The zero-order valence-electron chi connectivity index (χ0n) is 13.1. The minimum absolute atomic E-state index is 0.0257. The van der Waals surface area contributed by atoms with Crippen LogP contribution in [-0.4, -0.2) is 59.6 Å². The van der Waals surface area contributed by atoms with Gasteiger partial charge in [0.05, 0.1) is 0 Å². The van der Waals surface area contributed by atoms with Gasteiger partial charge in [0.25, 0.3) is 0 Å². The normalized spacial score (nSPS) is 25.0. The summed E-state index contributed by atoms with van der Waals surface area (Å²) in [7, 11) is 0. The SMILES string of the molecule is O=C(O)N(c1ccccn1)[C@@H]1O[C@@H](n2ccc(NO)nc2=O)[C@H](O)[C@@H]1O. The number of anilines is 2. The maximum absolute atomic E-state index is 12.0. The van der Waals surface area contributed by atoms with Gasteiger partial charge < -0.3 is 20.1 Å². The molecule has 0 aromatic carbocycles. The third-order valence-electron chi connectivity index (χ3n) is 3.79. The molecule has 4 atom stereocenters. The van der Waals surface area contributed by atoms with E-state index in [0.717, 1.165) is 4.57 Å². The molecule has 0 aliphatic carbocycles. The van der Waals surface area contributed by atoms with Gasteiger partial charge in [0, 0.05) is 12.4 Å². The van der Waals surface area contributed by atoms with Crippen molar-refractivity contribution < 1.29 is 30.1 Å². The molecular formula is C14H15N5O7. The first-order valence-corrected chi connectivity index (χ1v) is 7.38. The van der Waals surface area contributed by atoms with E-state index in [1.165, 1.54) is 24.5 Å². The van der Waals surface area contributed by atoms with Gasteiger partial charge in [-0.3, -0.25) is 15.3 Å². The largest absolute Gasteiger partial charge is 0.465 e. The summed E-state index contributed by atoms with van der Waals surface area (Å²) in [5.41, 5.74) is 0.809. The zero-order valence-corrected chi connectivity index (χ0v) is 13.1. The fourth-order valence-electron chi connectivity index (χ4n) is 2.59. The molecule has 26 heavy (non-hydrogen) atoms. The Labute approximate surface area is 145 Å². The lowest BCUT2D eigenvalue weighted by Gasteiger charge is -2.26. The minimum atomic E-state index is -1.65. The van der Waals surface area contributed by atoms with E-state index in [4.69, 9.17) is 9.94 Å². The molecule has 12 nitrogen and oxygen atoms in total. The molecule has 12 heteroatoms. The highest BCUT2D eigenvalue weighted by molar-refractivity contribution is 5.85. The van der Waals surface area contributed by atoms with E-state index in [1.54, 1.807) is 17.6 Å². The van der Waals surface area contributed by atoms with Crippen LogP contribution in [0.15, 0.2) is 41.5 Å². The lowest BCUT2D eigenvalue weighted by molar-refractivity contribution is -0.0392. The molecule has 3 rings (SSSR count). The molecule has 3 heterocycles. The van der Waals surface area contributed by atoms with Gasteiger partial charge in [0.2, 0.25) is 0 Å². The van der Waals surface area contributed by atoms with Gasteiger partial charge >= 0.3 is 11.8 Å². The Morgan fingerprint density at radius 3 is 2.62 bits per heavy atom. The predicted octanol–water partition coefficient (Wildman–Crippen LogP) is -0.799. The second-order valence-electron chi connectivity index (χ2n) is 5.35. The van der Waals surface area contributed by atoms with Crippen molar-refractivity contribution in [1.82, 2.24) is 14.5 Å². The molecule has 0 unspecified atom stereocenters. The molecule has 1 saturated heterocycles. The van der Waals surface area contributed by atoms with Crippen LogP contribution in [0.5, 0.6) is 0 Å². The van der Waals surface area contributed by atoms with Crippen molar-refractivity contribution in [2.75, 3.05) is 10.4 Å². The average molecular weight is 365 g/mol. The van der Waals surface area contributed by atoms with Crippen LogP contribution in [0.1, 0.15) is 6.23 Å². The number of nitrogens with one attached hydrogen (secondary N) is 1. The Kier molecular flexibility index (Phi) is 4.81. The topological polar surface area (TPSA) is 170 Å². The molecule has 1 amide bonds. The third kappa shape index (κ3) is 3.09. The number of pyridine rings is 1. The Balaban J connectivity index is 1.94. The van der Waals surface area contributed by atoms with E-state index in [2.05, 4.69) is 9.97 Å². The summed E-state index contributed by atoms with van der Waals surface area (Å²) in [4.78, 5) is 31.7. The van der Waals surface area contributed by atoms with Gasteiger partial charge in [-0.1, -0.05) is 6.07 Å². The fraction of sp³-hybridized carbons (Fsp3) is 0.286. The lowest BCUT2D eigenvalue weighted by atomic mass is 10.2. The van der Waals surface area contributed by atoms with Crippen molar-refractivity contribution >= 4 is 17.7 Å². The molecule has 5 N–H and O–H groups in total. The molecule has 0 saturated carbocycles. The maximum Gasteiger partial charge on any atom is 0.415 e. The van der Waals surface area contributed by atoms with Crippen LogP contribution in [0.25, 0.3) is 0 Å². The molecule has 0 bridgehead atoms. The highest BCUT2D eigenvalue weighted by Crippen LogP contribution is 2.32. The Morgan fingerprint density at radius 2 is 2.04 bits per heavy atom. The summed E-state index contributed by atoms with van der Waals surface area (Å²) in [6, 6.07) is 5.74. The van der Waals surface area contributed by atoms with E-state index in [1.807, 2.05) is 0 Å². The molecule has 2 aromatic rings. The first-order valence-electron chi connectivity index (χ1n) is 7.38. The van der Waals surface area contributed by atoms with Crippen molar-refractivity contribution in [2.45, 2.75) is 24.7 Å². The summed E-state index contributed by atoms with van der Waals surface area (Å²) in [5.74, 6) is -0.154. The molecular weight excluding hydrogens is 350 g/mol. The van der Waals surface area contributed by atoms with Gasteiger partial charge in [0.1, 0.15) is 18.0 Å². The van der Waals surface area contributed by atoms with E-state index in [9.17, 15) is 24.9 Å². The van der Waals surface area contributed by atoms with Crippen molar-refractivity contribution in [1.29, 1.82) is 0 Å². The van der Waals surface area contributed by atoms with Gasteiger partial charge in [0.15, 0.2) is 18.3 Å². The van der Waals surface area contributed by atoms with Gasteiger partial charge in [-0.25, -0.2) is 19.5 Å². The number of rotatable bonds is 4. The molecule has 1 aliphatic rings. The average Bonchev–Trinajstić information content (AvgIpc) is 2.91. The number of hydrogen-bond acceptors (Lipinski definition) is 9. The lowest BCUT2D eigenvalue weighted by Crippen LogP contribution is -2.47. The van der Waals surface area contributed by atoms with E-state index < -0.39 is 36.4 Å². The second-order valence-corrected chi connectivity index (χ2v) is 5.35. The van der Waals surface area contributed by atoms with Crippen LogP contribution in [0, 0.1) is 0 Å². The highest BCUT2D eigenvalue weighted by Gasteiger charge is 2.49. The number of aliphatic hydroxyl groups excluding tert-OH is 2. The van der Waals surface area contributed by atoms with Crippen LogP contribution in [0.4, 0.5) is 16.4 Å². The summed E-state index contributed by atoms with van der Waals surface area (Å²) in [6.45, 7) is 0. The molecule has 0 radical (unpaired) electrons. The number of nitrogens with zero attached hydrogens (tertiary/aromatic N) is 4. The number of aliphatic hydroxyl groups is 2. The second kappa shape index (κ2) is 7.05. The van der Waals surface area contributed by atoms with Crippen LogP contribution in [-0.2, 0) is 4.74 Å². The first-order chi connectivity index (χ1) is 12.4. The van der Waals surface area contributed by atoms with E-state index in [0.29, 0.717) is 4.90 Å². The monoisotopic (exact) mass is 365 g/mol. The third-order valence-corrected chi connectivity index (χ3v) is 3.79. The maximum atomic E-state index is 12.0. The molecule has 138 valence electrons. The van der Waals surface area contributed by atoms with Crippen molar-refractivity contribution in [3.63, 3.8) is 0 Å². The quantitative estimate of drug-likeness (QED) is 0.432. The molecule has 1 fully saturated rings. The van der Waals surface area contributed by atoms with Crippen LogP contribution >= 0.6 is 0 Å². The van der Waals surface area contributed by atoms with E-state index >= 15 is 0 Å². The summed E-state index contributed by atoms with van der Waals surface area (Å²) in [5, 5.41) is 38.7. The summed E-state index contributed by atoms with van der Waals surface area (Å²) >= 11 is 0. The predicted molar refractivity (Wildman–Crippen MR) is 84.6 cm³/mol. The summed E-state index contributed by atoms with van der Waals surface area (Å²) < 4.78 is 6.32. The number of carboxylic acid groups (broad SMARTS) is 1. The number of amides is 1. The smallest absolute Gasteiger partial charge is 0.415 e. The Hall–Kier alpha value is -3.06. The Bertz CT molecular complexity index is 845. The molecule has 2 aromatic heterocycles. The number of aromatic nitrogens is 3. The highest BCUT2D eigenvalue weighted by atomic mass is 16.6. The number of ether oxygens (including phenoxy) is 1. The van der Waals surface area contributed by atoms with Crippen molar-refractivity contribution in [3.05, 3.63) is 47.1 Å². The fourth-order valence-corrected chi connectivity index (χ4v) is 2.59. The number of carbonyl (C=O) groups is 1. The van der Waals surface area contributed by atoms with Gasteiger partial charge in [-0.05, 0) is 18.2 Å². The van der Waals surface area contributed by atoms with Crippen LogP contribution in [0.3, 0.4) is 0 Å². The van der Waals surface area contributed by atoms with Crippen LogP contribution in [0.2, 0.25) is 0 Å². The zero-order chi connectivity index (χ0) is 18.8. The first kappa shape index (κ1) is 17.8.